The zero-order valence-electron chi connectivity index (χ0n) is 15.4. The van der Waals surface area contributed by atoms with Gasteiger partial charge in [-0.1, -0.05) is 66.7 Å². The molecule has 3 nitrogen and oxygen atoms in total. The van der Waals surface area contributed by atoms with E-state index in [1.807, 2.05) is 61.5 Å². The van der Waals surface area contributed by atoms with Gasteiger partial charge in [0.05, 0.1) is 12.5 Å². The number of nitrogens with one attached hydrogen (secondary N) is 1. The Bertz CT molecular complexity index is 911. The summed E-state index contributed by atoms with van der Waals surface area (Å²) in [4.78, 5) is 12.7. The Morgan fingerprint density at radius 1 is 0.893 bits per heavy atom. The molecule has 3 aromatic rings. The number of carbonyl (C=O) groups is 1. The minimum Gasteiger partial charge on any atom is -0.435 e. The maximum absolute atomic E-state index is 12.7. The molecule has 0 fully saturated rings. The number of carbonyl (C=O) groups excluding carboxylic acids is 1. The first-order valence-electron chi connectivity index (χ1n) is 8.96. The fourth-order valence-electron chi connectivity index (χ4n) is 3.04. The molecule has 3 rings (SSSR count). The molecular weight excluding hydrogens is 360 g/mol. The molecule has 0 aromatic heterocycles. The maximum atomic E-state index is 12.7. The van der Waals surface area contributed by atoms with Gasteiger partial charge in [-0.05, 0) is 41.3 Å². The first-order valence-corrected chi connectivity index (χ1v) is 8.96. The van der Waals surface area contributed by atoms with Crippen molar-refractivity contribution in [1.29, 1.82) is 0 Å². The van der Waals surface area contributed by atoms with E-state index in [2.05, 4.69) is 10.1 Å². The van der Waals surface area contributed by atoms with Crippen molar-refractivity contribution in [2.75, 3.05) is 0 Å². The van der Waals surface area contributed by atoms with Gasteiger partial charge in [-0.25, -0.2) is 0 Å². The Kier molecular flexibility index (Phi) is 6.37. The van der Waals surface area contributed by atoms with Gasteiger partial charge in [0.1, 0.15) is 5.75 Å². The van der Waals surface area contributed by atoms with Crippen molar-refractivity contribution in [1.82, 2.24) is 5.32 Å². The normalized spacial score (nSPS) is 11.9. The predicted octanol–water partition coefficient (Wildman–Crippen LogP) is 5.04. The molecule has 1 atom stereocenters. The number of alkyl halides is 2. The lowest BCUT2D eigenvalue weighted by Gasteiger charge is -2.20. The van der Waals surface area contributed by atoms with Gasteiger partial charge in [0.2, 0.25) is 5.91 Å². The van der Waals surface area contributed by atoms with Gasteiger partial charge in [0.15, 0.2) is 0 Å². The second-order valence-corrected chi connectivity index (χ2v) is 6.46. The predicted molar refractivity (Wildman–Crippen MR) is 104 cm³/mol. The Morgan fingerprint density at radius 2 is 1.50 bits per heavy atom. The van der Waals surface area contributed by atoms with E-state index in [9.17, 15) is 13.6 Å². The van der Waals surface area contributed by atoms with Crippen LogP contribution >= 0.6 is 0 Å². The van der Waals surface area contributed by atoms with E-state index in [1.165, 1.54) is 12.1 Å². The molecule has 1 N–H and O–H groups in total. The highest BCUT2D eigenvalue weighted by Gasteiger charge is 2.18. The van der Waals surface area contributed by atoms with Crippen molar-refractivity contribution in [2.24, 2.45) is 0 Å². The Balaban J connectivity index is 1.82. The number of hydrogen-bond donors (Lipinski definition) is 1. The number of benzene rings is 3. The molecule has 1 amide bonds. The molecule has 0 bridgehead atoms. The molecule has 3 aromatic carbocycles. The van der Waals surface area contributed by atoms with Gasteiger partial charge >= 0.3 is 6.61 Å². The lowest BCUT2D eigenvalue weighted by Crippen LogP contribution is -2.30. The molecule has 0 aliphatic carbocycles. The smallest absolute Gasteiger partial charge is 0.387 e. The van der Waals surface area contributed by atoms with Crippen molar-refractivity contribution in [2.45, 2.75) is 26.0 Å². The average molecular weight is 381 g/mol. The number of hydrogen-bond acceptors (Lipinski definition) is 2. The SMILES string of the molecule is Cc1ccccc1CC(=O)NC(c1ccccc1)c1ccc(OC(F)F)cc1. The second kappa shape index (κ2) is 9.13. The van der Waals surface area contributed by atoms with Gasteiger partial charge < -0.3 is 10.1 Å². The van der Waals surface area contributed by atoms with Crippen LogP contribution in [0.5, 0.6) is 5.75 Å². The molecule has 0 heterocycles. The first-order chi connectivity index (χ1) is 13.5. The van der Waals surface area contributed by atoms with Gasteiger partial charge in [-0.15, -0.1) is 0 Å². The monoisotopic (exact) mass is 381 g/mol. The molecule has 0 spiro atoms. The van der Waals surface area contributed by atoms with Crippen LogP contribution in [0, 0.1) is 6.92 Å². The second-order valence-electron chi connectivity index (χ2n) is 6.46. The fourth-order valence-corrected chi connectivity index (χ4v) is 3.04. The van der Waals surface area contributed by atoms with E-state index < -0.39 is 12.7 Å². The third kappa shape index (κ3) is 5.16. The number of aryl methyl sites for hydroxylation is 1. The van der Waals surface area contributed by atoms with E-state index in [0.29, 0.717) is 0 Å². The van der Waals surface area contributed by atoms with Crippen molar-refractivity contribution >= 4 is 5.91 Å². The number of amides is 1. The molecule has 0 saturated heterocycles. The maximum Gasteiger partial charge on any atom is 0.387 e. The zero-order chi connectivity index (χ0) is 19.9. The molecule has 0 aliphatic heterocycles. The van der Waals surface area contributed by atoms with E-state index in [-0.39, 0.29) is 18.1 Å². The fraction of sp³-hybridized carbons (Fsp3) is 0.174. The quantitative estimate of drug-likeness (QED) is 0.622. The Labute approximate surface area is 163 Å². The molecule has 5 heteroatoms. The van der Waals surface area contributed by atoms with E-state index in [1.54, 1.807) is 12.1 Å². The Morgan fingerprint density at radius 3 is 2.14 bits per heavy atom. The van der Waals surface area contributed by atoms with E-state index >= 15 is 0 Å². The molecule has 0 saturated carbocycles. The van der Waals surface area contributed by atoms with Crippen LogP contribution < -0.4 is 10.1 Å². The summed E-state index contributed by atoms with van der Waals surface area (Å²) in [7, 11) is 0. The summed E-state index contributed by atoms with van der Waals surface area (Å²) < 4.78 is 29.2. The minimum atomic E-state index is -2.87. The molecule has 0 aliphatic rings. The van der Waals surface area contributed by atoms with Crippen molar-refractivity contribution in [3.05, 3.63) is 101 Å². The Hall–Kier alpha value is -3.21. The van der Waals surface area contributed by atoms with Crippen LogP contribution in [0.2, 0.25) is 0 Å². The van der Waals surface area contributed by atoms with Crippen LogP contribution in [0.1, 0.15) is 28.3 Å². The summed E-state index contributed by atoms with van der Waals surface area (Å²) in [5.41, 5.74) is 3.71. The van der Waals surface area contributed by atoms with Gasteiger partial charge in [0.25, 0.3) is 0 Å². The molecular formula is C23H21F2NO2. The van der Waals surface area contributed by atoms with Crippen molar-refractivity contribution in [3.8, 4) is 5.75 Å². The summed E-state index contributed by atoms with van der Waals surface area (Å²) in [6, 6.07) is 23.2. The zero-order valence-corrected chi connectivity index (χ0v) is 15.4. The molecule has 28 heavy (non-hydrogen) atoms. The first kappa shape index (κ1) is 19.5. The van der Waals surface area contributed by atoms with Gasteiger partial charge in [-0.2, -0.15) is 8.78 Å². The van der Waals surface area contributed by atoms with Gasteiger partial charge in [-0.3, -0.25) is 4.79 Å². The summed E-state index contributed by atoms with van der Waals surface area (Å²) >= 11 is 0. The summed E-state index contributed by atoms with van der Waals surface area (Å²) in [6.07, 6.45) is 0.266. The van der Waals surface area contributed by atoms with Crippen LogP contribution in [0.15, 0.2) is 78.9 Å². The van der Waals surface area contributed by atoms with Gasteiger partial charge in [0, 0.05) is 0 Å². The summed E-state index contributed by atoms with van der Waals surface area (Å²) in [5.74, 6) is -0.0344. The lowest BCUT2D eigenvalue weighted by molar-refractivity contribution is -0.120. The molecule has 1 unspecified atom stereocenters. The van der Waals surface area contributed by atoms with Crippen LogP contribution in [-0.2, 0) is 11.2 Å². The largest absolute Gasteiger partial charge is 0.435 e. The van der Waals surface area contributed by atoms with Crippen LogP contribution in [0.25, 0.3) is 0 Å². The van der Waals surface area contributed by atoms with Crippen molar-refractivity contribution < 1.29 is 18.3 Å². The highest BCUT2D eigenvalue weighted by atomic mass is 19.3. The topological polar surface area (TPSA) is 38.3 Å². The van der Waals surface area contributed by atoms with E-state index in [4.69, 9.17) is 0 Å². The highest BCUT2D eigenvalue weighted by Crippen LogP contribution is 2.25. The van der Waals surface area contributed by atoms with E-state index in [0.717, 1.165) is 22.3 Å². The molecule has 144 valence electrons. The average Bonchev–Trinajstić information content (AvgIpc) is 2.69. The van der Waals surface area contributed by atoms with Crippen LogP contribution in [0.3, 0.4) is 0 Å². The number of ether oxygens (including phenoxy) is 1. The number of rotatable bonds is 7. The number of halogens is 2. The minimum absolute atomic E-state index is 0.0804. The highest BCUT2D eigenvalue weighted by molar-refractivity contribution is 5.79. The van der Waals surface area contributed by atoms with Crippen LogP contribution in [0.4, 0.5) is 8.78 Å². The third-order valence-electron chi connectivity index (χ3n) is 4.49. The standard InChI is InChI=1S/C23H21F2NO2/c1-16-7-5-6-10-19(16)15-21(27)26-22(17-8-3-2-4-9-17)18-11-13-20(14-12-18)28-23(24)25/h2-14,22-23H,15H2,1H3,(H,26,27). The summed E-state index contributed by atoms with van der Waals surface area (Å²) in [6.45, 7) is -0.899. The summed E-state index contributed by atoms with van der Waals surface area (Å²) in [5, 5.41) is 3.06. The molecule has 0 radical (unpaired) electrons. The van der Waals surface area contributed by atoms with Crippen molar-refractivity contribution in [3.63, 3.8) is 0 Å². The third-order valence-corrected chi connectivity index (χ3v) is 4.49. The van der Waals surface area contributed by atoms with Crippen LogP contribution in [-0.4, -0.2) is 12.5 Å². The lowest BCUT2D eigenvalue weighted by atomic mass is 9.98.